The van der Waals surface area contributed by atoms with Gasteiger partial charge in [-0.25, -0.2) is 4.99 Å². The fraction of sp³-hybridized carbons (Fsp3) is 0.391. The van der Waals surface area contributed by atoms with E-state index in [-0.39, 0.29) is 5.91 Å². The summed E-state index contributed by atoms with van der Waals surface area (Å²) in [6, 6.07) is 18.1. The van der Waals surface area contributed by atoms with E-state index in [2.05, 4.69) is 29.3 Å². The Balaban J connectivity index is 1.65. The molecule has 1 fully saturated rings. The number of aliphatic imine (C=N–C) groups is 1. The Hall–Kier alpha value is -3.02. The molecule has 1 heterocycles. The first kappa shape index (κ1) is 20.7. The maximum atomic E-state index is 11.6. The molecule has 0 spiro atoms. The molecule has 0 bridgehead atoms. The molecule has 1 aliphatic heterocycles. The summed E-state index contributed by atoms with van der Waals surface area (Å²) in [6.45, 7) is 8.68. The van der Waals surface area contributed by atoms with E-state index >= 15 is 0 Å². The molecule has 3 rings (SSSR count). The number of nitrogens with zero attached hydrogens (tertiary/aromatic N) is 3. The van der Waals surface area contributed by atoms with Crippen LogP contribution in [-0.2, 0) is 17.9 Å². The van der Waals surface area contributed by atoms with Gasteiger partial charge in [-0.15, -0.1) is 0 Å². The average molecular weight is 395 g/mol. The molecule has 1 aliphatic rings. The van der Waals surface area contributed by atoms with Crippen LogP contribution < -0.4 is 10.1 Å². The molecule has 29 heavy (non-hydrogen) atoms. The Morgan fingerprint density at radius 2 is 1.59 bits per heavy atom. The van der Waals surface area contributed by atoms with Crippen LogP contribution in [-0.4, -0.2) is 54.4 Å². The molecule has 0 aliphatic carbocycles. The molecule has 6 heteroatoms. The quantitative estimate of drug-likeness (QED) is 0.605. The van der Waals surface area contributed by atoms with Gasteiger partial charge in [0.05, 0.1) is 6.54 Å². The molecule has 1 amide bonds. The molecule has 0 aromatic heterocycles. The van der Waals surface area contributed by atoms with Crippen molar-refractivity contribution in [2.24, 2.45) is 4.99 Å². The maximum absolute atomic E-state index is 11.6. The van der Waals surface area contributed by atoms with Gasteiger partial charge in [-0.3, -0.25) is 4.79 Å². The van der Waals surface area contributed by atoms with Gasteiger partial charge in [0.15, 0.2) is 5.96 Å². The van der Waals surface area contributed by atoms with Crippen LogP contribution in [0.2, 0.25) is 0 Å². The Labute approximate surface area is 173 Å². The molecule has 2 aromatic rings. The van der Waals surface area contributed by atoms with Gasteiger partial charge in [0.2, 0.25) is 5.91 Å². The van der Waals surface area contributed by atoms with Crippen molar-refractivity contribution >= 4 is 11.9 Å². The number of guanidine groups is 1. The van der Waals surface area contributed by atoms with E-state index in [4.69, 9.17) is 9.73 Å². The van der Waals surface area contributed by atoms with E-state index in [0.717, 1.165) is 55.6 Å². The van der Waals surface area contributed by atoms with Crippen molar-refractivity contribution in [2.75, 3.05) is 32.7 Å². The number of para-hydroxylation sites is 1. The smallest absolute Gasteiger partial charge is 0.219 e. The van der Waals surface area contributed by atoms with Gasteiger partial charge >= 0.3 is 0 Å². The average Bonchev–Trinajstić information content (AvgIpc) is 2.76. The molecule has 0 saturated carbocycles. The van der Waals surface area contributed by atoms with Crippen molar-refractivity contribution in [3.8, 4) is 5.75 Å². The van der Waals surface area contributed by atoms with Gasteiger partial charge in [0.1, 0.15) is 12.4 Å². The number of ether oxygens (including phenoxy) is 1. The largest absolute Gasteiger partial charge is 0.489 e. The second kappa shape index (κ2) is 10.5. The number of carbonyl (C=O) groups excluding carboxylic acids is 1. The molecular formula is C23H30N4O2. The Morgan fingerprint density at radius 3 is 2.24 bits per heavy atom. The number of piperazine rings is 1. The van der Waals surface area contributed by atoms with Crippen molar-refractivity contribution in [1.29, 1.82) is 0 Å². The Kier molecular flexibility index (Phi) is 7.50. The van der Waals surface area contributed by atoms with Gasteiger partial charge in [0, 0.05) is 39.6 Å². The summed E-state index contributed by atoms with van der Waals surface area (Å²) >= 11 is 0. The summed E-state index contributed by atoms with van der Waals surface area (Å²) < 4.78 is 5.93. The van der Waals surface area contributed by atoms with Gasteiger partial charge < -0.3 is 19.9 Å². The maximum Gasteiger partial charge on any atom is 0.219 e. The van der Waals surface area contributed by atoms with E-state index in [1.54, 1.807) is 6.92 Å². The molecular weight excluding hydrogens is 364 g/mol. The lowest BCUT2D eigenvalue weighted by atomic mass is 10.1. The molecule has 1 N–H and O–H groups in total. The highest BCUT2D eigenvalue weighted by Crippen LogP contribution is 2.16. The normalized spacial score (nSPS) is 14.6. The van der Waals surface area contributed by atoms with E-state index in [9.17, 15) is 4.79 Å². The Morgan fingerprint density at radius 1 is 0.966 bits per heavy atom. The summed E-state index contributed by atoms with van der Waals surface area (Å²) in [5, 5.41) is 3.39. The number of rotatable bonds is 6. The fourth-order valence-electron chi connectivity index (χ4n) is 3.35. The highest BCUT2D eigenvalue weighted by atomic mass is 16.5. The predicted octanol–water partition coefficient (Wildman–Crippen LogP) is 2.90. The monoisotopic (exact) mass is 394 g/mol. The van der Waals surface area contributed by atoms with Crippen LogP contribution >= 0.6 is 0 Å². The van der Waals surface area contributed by atoms with E-state index in [1.807, 2.05) is 47.4 Å². The minimum Gasteiger partial charge on any atom is -0.489 e. The first-order valence-corrected chi connectivity index (χ1v) is 10.2. The van der Waals surface area contributed by atoms with Crippen molar-refractivity contribution in [3.05, 3.63) is 65.7 Å². The van der Waals surface area contributed by atoms with Crippen LogP contribution in [0, 0.1) is 0 Å². The lowest BCUT2D eigenvalue weighted by Crippen LogP contribution is -2.53. The predicted molar refractivity (Wildman–Crippen MR) is 116 cm³/mol. The van der Waals surface area contributed by atoms with Crippen LogP contribution in [0.5, 0.6) is 5.75 Å². The third-order valence-electron chi connectivity index (χ3n) is 5.01. The van der Waals surface area contributed by atoms with Gasteiger partial charge in [0.25, 0.3) is 0 Å². The summed E-state index contributed by atoms with van der Waals surface area (Å²) in [6.07, 6.45) is 0. The number of amides is 1. The molecule has 6 nitrogen and oxygen atoms in total. The van der Waals surface area contributed by atoms with E-state index in [1.165, 1.54) is 0 Å². The van der Waals surface area contributed by atoms with Crippen LogP contribution in [0.1, 0.15) is 25.0 Å². The minimum absolute atomic E-state index is 0.138. The zero-order chi connectivity index (χ0) is 20.5. The van der Waals surface area contributed by atoms with E-state index < -0.39 is 0 Å². The van der Waals surface area contributed by atoms with Crippen molar-refractivity contribution in [3.63, 3.8) is 0 Å². The standard InChI is InChI=1S/C23H30N4O2/c1-3-24-23(27-15-13-26(14-16-27)19(2)28)25-17-20-9-7-8-10-21(20)18-29-22-11-5-4-6-12-22/h4-12H,3,13-18H2,1-2H3,(H,24,25). The third-order valence-corrected chi connectivity index (χ3v) is 5.01. The van der Waals surface area contributed by atoms with Crippen LogP contribution in [0.25, 0.3) is 0 Å². The molecule has 2 aromatic carbocycles. The lowest BCUT2D eigenvalue weighted by molar-refractivity contribution is -0.130. The van der Waals surface area contributed by atoms with Crippen molar-refractivity contribution in [1.82, 2.24) is 15.1 Å². The second-order valence-electron chi connectivity index (χ2n) is 7.03. The van der Waals surface area contributed by atoms with Crippen molar-refractivity contribution < 1.29 is 9.53 Å². The SMILES string of the molecule is CCNC(=NCc1ccccc1COc1ccccc1)N1CCN(C(C)=O)CC1. The van der Waals surface area contributed by atoms with Gasteiger partial charge in [-0.2, -0.15) is 0 Å². The summed E-state index contributed by atoms with van der Waals surface area (Å²) in [7, 11) is 0. The molecule has 0 atom stereocenters. The van der Waals surface area contributed by atoms with Crippen LogP contribution in [0.4, 0.5) is 0 Å². The summed E-state index contributed by atoms with van der Waals surface area (Å²) in [5.41, 5.74) is 2.29. The number of hydrogen-bond acceptors (Lipinski definition) is 3. The molecule has 0 unspecified atom stereocenters. The highest BCUT2D eigenvalue weighted by Gasteiger charge is 2.20. The number of carbonyl (C=O) groups is 1. The first-order valence-electron chi connectivity index (χ1n) is 10.2. The van der Waals surface area contributed by atoms with Crippen LogP contribution in [0.15, 0.2) is 59.6 Å². The third kappa shape index (κ3) is 5.98. The minimum atomic E-state index is 0.138. The zero-order valence-corrected chi connectivity index (χ0v) is 17.3. The topological polar surface area (TPSA) is 57.2 Å². The number of benzene rings is 2. The van der Waals surface area contributed by atoms with Gasteiger partial charge in [-0.05, 0) is 30.2 Å². The first-order chi connectivity index (χ1) is 14.2. The Bertz CT molecular complexity index is 815. The fourth-order valence-corrected chi connectivity index (χ4v) is 3.35. The number of nitrogens with one attached hydrogen (secondary N) is 1. The lowest BCUT2D eigenvalue weighted by Gasteiger charge is -2.36. The molecule has 154 valence electrons. The summed E-state index contributed by atoms with van der Waals surface area (Å²) in [4.78, 5) is 20.5. The summed E-state index contributed by atoms with van der Waals surface area (Å²) in [5.74, 6) is 1.90. The second-order valence-corrected chi connectivity index (χ2v) is 7.03. The van der Waals surface area contributed by atoms with Crippen molar-refractivity contribution in [2.45, 2.75) is 27.0 Å². The van der Waals surface area contributed by atoms with Crippen LogP contribution in [0.3, 0.4) is 0 Å². The highest BCUT2D eigenvalue weighted by molar-refractivity contribution is 5.80. The zero-order valence-electron chi connectivity index (χ0n) is 17.3. The van der Waals surface area contributed by atoms with E-state index in [0.29, 0.717) is 13.2 Å². The molecule has 0 radical (unpaired) electrons. The number of hydrogen-bond donors (Lipinski definition) is 1. The van der Waals surface area contributed by atoms with Gasteiger partial charge in [-0.1, -0.05) is 42.5 Å². The molecule has 1 saturated heterocycles.